The number of carbonyl (C=O) groups is 2. The maximum atomic E-state index is 12.5. The monoisotopic (exact) mass is 393 g/mol. The molecule has 1 aliphatic carbocycles. The topological polar surface area (TPSA) is 51.1 Å². The van der Waals surface area contributed by atoms with Crippen molar-refractivity contribution in [2.24, 2.45) is 11.8 Å². The van der Waals surface area contributed by atoms with Crippen LogP contribution in [0.25, 0.3) is 0 Å². The van der Waals surface area contributed by atoms with E-state index < -0.39 is 0 Å². The summed E-state index contributed by atoms with van der Waals surface area (Å²) in [5, 5.41) is 0. The average molecular weight is 394 g/mol. The van der Waals surface area contributed by atoms with Gasteiger partial charge in [0, 0.05) is 10.0 Å². The molecule has 1 fully saturated rings. The summed E-state index contributed by atoms with van der Waals surface area (Å²) in [6.45, 7) is 1.06. The highest BCUT2D eigenvalue weighted by Gasteiger charge is 2.48. The minimum atomic E-state index is -0.157. The van der Waals surface area contributed by atoms with Crippen LogP contribution >= 0.6 is 15.9 Å². The lowest BCUT2D eigenvalue weighted by Crippen LogP contribution is -3.09. The van der Waals surface area contributed by atoms with Crippen LogP contribution in [0.2, 0.25) is 0 Å². The Morgan fingerprint density at radius 1 is 1.21 bits per heavy atom. The first-order chi connectivity index (χ1) is 11.5. The number of hydrogen-bond acceptors (Lipinski definition) is 3. The summed E-state index contributed by atoms with van der Waals surface area (Å²) in [5.74, 6) is 0.464. The normalized spacial score (nSPS) is 24.2. The zero-order valence-corrected chi connectivity index (χ0v) is 15.5. The fourth-order valence-electron chi connectivity index (χ4n) is 3.56. The van der Waals surface area contributed by atoms with E-state index in [1.54, 1.807) is 7.11 Å². The molecule has 1 heterocycles. The first-order valence-corrected chi connectivity index (χ1v) is 8.94. The Bertz CT molecular complexity index is 663. The molecule has 0 radical (unpaired) electrons. The van der Waals surface area contributed by atoms with E-state index >= 15 is 0 Å². The molecule has 1 N–H and O–H groups in total. The Balaban J connectivity index is 1.69. The molecule has 24 heavy (non-hydrogen) atoms. The minimum absolute atomic E-state index is 0.0186. The van der Waals surface area contributed by atoms with Crippen molar-refractivity contribution in [1.82, 2.24) is 4.90 Å². The van der Waals surface area contributed by atoms with Crippen LogP contribution in [-0.4, -0.2) is 37.5 Å². The van der Waals surface area contributed by atoms with Crippen molar-refractivity contribution in [3.05, 3.63) is 40.4 Å². The van der Waals surface area contributed by atoms with E-state index in [4.69, 9.17) is 4.74 Å². The lowest BCUT2D eigenvalue weighted by Gasteiger charge is -2.21. The van der Waals surface area contributed by atoms with Crippen molar-refractivity contribution >= 4 is 27.7 Å². The number of quaternary nitrogens is 1. The van der Waals surface area contributed by atoms with Gasteiger partial charge in [0.25, 0.3) is 0 Å². The molecule has 0 spiro atoms. The molecule has 0 aromatic heterocycles. The highest BCUT2D eigenvalue weighted by molar-refractivity contribution is 9.10. The van der Waals surface area contributed by atoms with Crippen molar-refractivity contribution in [2.45, 2.75) is 19.4 Å². The molecule has 0 saturated carbocycles. The average Bonchev–Trinajstić information content (AvgIpc) is 2.80. The maximum Gasteiger partial charge on any atom is 0.237 e. The van der Waals surface area contributed by atoms with Crippen LogP contribution < -0.4 is 9.64 Å². The van der Waals surface area contributed by atoms with Crippen LogP contribution in [0.15, 0.2) is 34.8 Å². The number of halogens is 1. The molecule has 2 amide bonds. The molecular weight excluding hydrogens is 372 g/mol. The molecule has 0 bridgehead atoms. The first-order valence-electron chi connectivity index (χ1n) is 8.15. The van der Waals surface area contributed by atoms with Gasteiger partial charge < -0.3 is 9.64 Å². The summed E-state index contributed by atoms with van der Waals surface area (Å²) in [4.78, 5) is 27.6. The third kappa shape index (κ3) is 3.26. The number of carbonyl (C=O) groups excluding carboxylic acids is 2. The fourth-order valence-corrected chi connectivity index (χ4v) is 3.97. The van der Waals surface area contributed by atoms with E-state index in [-0.39, 0.29) is 23.7 Å². The number of ether oxygens (including phenoxy) is 1. The Kier molecular flexibility index (Phi) is 5.06. The number of amides is 2. The van der Waals surface area contributed by atoms with Gasteiger partial charge in [0.15, 0.2) is 6.67 Å². The van der Waals surface area contributed by atoms with E-state index in [9.17, 15) is 9.59 Å². The van der Waals surface area contributed by atoms with Gasteiger partial charge in [-0.3, -0.25) is 9.59 Å². The smallest absolute Gasteiger partial charge is 0.237 e. The molecular formula is C18H22BrN2O3+. The lowest BCUT2D eigenvalue weighted by atomic mass is 9.85. The molecule has 3 rings (SSSR count). The minimum Gasteiger partial charge on any atom is -0.496 e. The molecule has 1 unspecified atom stereocenters. The lowest BCUT2D eigenvalue weighted by molar-refractivity contribution is -0.901. The summed E-state index contributed by atoms with van der Waals surface area (Å²) in [7, 11) is 3.63. The quantitative estimate of drug-likeness (QED) is 0.607. The number of allylic oxidation sites excluding steroid dienone is 2. The van der Waals surface area contributed by atoms with Gasteiger partial charge in [0.2, 0.25) is 11.8 Å². The molecule has 5 nitrogen and oxygen atoms in total. The third-order valence-electron chi connectivity index (χ3n) is 4.76. The van der Waals surface area contributed by atoms with Crippen molar-refractivity contribution in [3.8, 4) is 5.75 Å². The highest BCUT2D eigenvalue weighted by Crippen LogP contribution is 2.34. The summed E-state index contributed by atoms with van der Waals surface area (Å²) in [6, 6.07) is 5.86. The number of fused-ring (bicyclic) bond motifs is 1. The number of nitrogens with one attached hydrogen (secondary N) is 1. The highest BCUT2D eigenvalue weighted by atomic mass is 79.9. The molecule has 1 aromatic carbocycles. The van der Waals surface area contributed by atoms with Crippen molar-refractivity contribution in [1.29, 1.82) is 0 Å². The van der Waals surface area contributed by atoms with Crippen molar-refractivity contribution in [3.63, 3.8) is 0 Å². The predicted molar refractivity (Wildman–Crippen MR) is 93.4 cm³/mol. The largest absolute Gasteiger partial charge is 0.496 e. The Morgan fingerprint density at radius 3 is 2.42 bits per heavy atom. The van der Waals surface area contributed by atoms with E-state index in [2.05, 4.69) is 15.9 Å². The second kappa shape index (κ2) is 7.07. The van der Waals surface area contributed by atoms with E-state index in [1.807, 2.05) is 37.4 Å². The number of benzene rings is 1. The number of methoxy groups -OCH3 is 1. The molecule has 1 saturated heterocycles. The summed E-state index contributed by atoms with van der Waals surface area (Å²) < 4.78 is 6.38. The first kappa shape index (κ1) is 17.2. The number of hydrogen-bond donors (Lipinski definition) is 1. The van der Waals surface area contributed by atoms with Crippen LogP contribution in [0.1, 0.15) is 18.4 Å². The molecule has 1 aromatic rings. The van der Waals surface area contributed by atoms with Crippen LogP contribution in [0, 0.1) is 11.8 Å². The van der Waals surface area contributed by atoms with E-state index in [0.29, 0.717) is 26.1 Å². The number of nitrogens with zero attached hydrogens (tertiary/aromatic N) is 1. The standard InChI is InChI=1S/C18H21BrN2O3/c1-20(10-12-9-13(19)7-8-16(12)24-2)11-21-17(22)14-5-3-4-6-15(14)18(21)23/h3-4,7-9,14-15H,5-6,10-11H2,1-2H3/p+1/t14-,15+. The molecule has 3 atom stereocenters. The SMILES string of the molecule is COc1ccc(Br)cc1C[NH+](C)CN1C(=O)[C@H]2CC=CC[C@H]2C1=O. The fraction of sp³-hybridized carbons (Fsp3) is 0.444. The Morgan fingerprint density at radius 2 is 1.83 bits per heavy atom. The van der Waals surface area contributed by atoms with E-state index in [1.165, 1.54) is 4.90 Å². The van der Waals surface area contributed by atoms with E-state index in [0.717, 1.165) is 20.7 Å². The summed E-state index contributed by atoms with van der Waals surface area (Å²) in [6.07, 6.45) is 5.39. The van der Waals surface area contributed by atoms with Gasteiger partial charge in [-0.1, -0.05) is 28.1 Å². The number of imide groups is 1. The molecule has 6 heteroatoms. The molecule has 1 aliphatic heterocycles. The molecule has 2 aliphatic rings. The summed E-state index contributed by atoms with van der Waals surface area (Å²) in [5.41, 5.74) is 1.04. The zero-order chi connectivity index (χ0) is 17.3. The van der Waals surface area contributed by atoms with Crippen LogP contribution in [0.4, 0.5) is 0 Å². The second-order valence-electron chi connectivity index (χ2n) is 6.51. The van der Waals surface area contributed by atoms with Gasteiger partial charge in [0.1, 0.15) is 12.3 Å². The van der Waals surface area contributed by atoms with Crippen molar-refractivity contribution < 1.29 is 19.2 Å². The zero-order valence-electron chi connectivity index (χ0n) is 13.9. The Labute approximate surface area is 150 Å². The van der Waals surface area contributed by atoms with Crippen LogP contribution in [-0.2, 0) is 16.1 Å². The van der Waals surface area contributed by atoms with Gasteiger partial charge in [0.05, 0.1) is 26.0 Å². The van der Waals surface area contributed by atoms with Gasteiger partial charge in [-0.15, -0.1) is 0 Å². The molecule has 128 valence electrons. The van der Waals surface area contributed by atoms with Crippen LogP contribution in [0.3, 0.4) is 0 Å². The van der Waals surface area contributed by atoms with Crippen molar-refractivity contribution in [2.75, 3.05) is 20.8 Å². The number of rotatable bonds is 5. The van der Waals surface area contributed by atoms with Crippen LogP contribution in [0.5, 0.6) is 5.75 Å². The van der Waals surface area contributed by atoms with Gasteiger partial charge >= 0.3 is 0 Å². The second-order valence-corrected chi connectivity index (χ2v) is 7.42. The van der Waals surface area contributed by atoms with Gasteiger partial charge in [-0.05, 0) is 31.0 Å². The predicted octanol–water partition coefficient (Wildman–Crippen LogP) is 1.38. The van der Waals surface area contributed by atoms with Gasteiger partial charge in [-0.25, -0.2) is 4.90 Å². The van der Waals surface area contributed by atoms with Gasteiger partial charge in [-0.2, -0.15) is 0 Å². The summed E-state index contributed by atoms with van der Waals surface area (Å²) >= 11 is 3.47. The third-order valence-corrected chi connectivity index (χ3v) is 5.25. The number of likely N-dealkylation sites (tertiary alicyclic amines) is 1. The maximum absolute atomic E-state index is 12.5. The Hall–Kier alpha value is -1.66.